The van der Waals surface area contributed by atoms with Crippen molar-refractivity contribution in [2.75, 3.05) is 0 Å². The van der Waals surface area contributed by atoms with Gasteiger partial charge in [-0.05, 0) is 37.8 Å². The quantitative estimate of drug-likeness (QED) is 0.656. The van der Waals surface area contributed by atoms with Crippen molar-refractivity contribution in [1.29, 1.82) is 0 Å². The van der Waals surface area contributed by atoms with Gasteiger partial charge in [-0.15, -0.1) is 12.4 Å². The molecule has 116 valence electrons. The van der Waals surface area contributed by atoms with Crippen LogP contribution in [0.4, 0.5) is 5.69 Å². The first-order chi connectivity index (χ1) is 9.47. The Morgan fingerprint density at radius 3 is 2.52 bits per heavy atom. The minimum Gasteiger partial charge on any atom is -0.349 e. The highest BCUT2D eigenvalue weighted by Gasteiger charge is 2.25. The molecule has 2 rings (SSSR count). The molecule has 0 unspecified atom stereocenters. The number of carbonyl (C=O) groups excluding carboxylic acids is 1. The van der Waals surface area contributed by atoms with E-state index in [9.17, 15) is 14.9 Å². The van der Waals surface area contributed by atoms with Crippen molar-refractivity contribution in [1.82, 2.24) is 5.32 Å². The number of rotatable bonds is 3. The second-order valence-corrected chi connectivity index (χ2v) is 5.44. The lowest BCUT2D eigenvalue weighted by Crippen LogP contribution is -2.40. The van der Waals surface area contributed by atoms with Crippen LogP contribution in [-0.2, 0) is 0 Å². The SMILES string of the molecule is Cl.NC1CCC(NC(=O)c2ccc(Cl)cc2[N+](=O)[O-])CC1. The van der Waals surface area contributed by atoms with Gasteiger partial charge < -0.3 is 11.1 Å². The van der Waals surface area contributed by atoms with Gasteiger partial charge in [0.15, 0.2) is 0 Å². The standard InChI is InChI=1S/C13H16ClN3O3.ClH/c14-8-1-6-11(12(7-8)17(19)20)13(18)16-10-4-2-9(15)3-5-10;/h1,6-7,9-10H,2-5,15H2,(H,16,18);1H. The number of amides is 1. The zero-order valence-electron chi connectivity index (χ0n) is 11.3. The molecule has 0 radical (unpaired) electrons. The number of halogens is 2. The van der Waals surface area contributed by atoms with Gasteiger partial charge in [-0.1, -0.05) is 11.6 Å². The molecule has 0 bridgehead atoms. The van der Waals surface area contributed by atoms with Crippen LogP contribution >= 0.6 is 24.0 Å². The number of nitrogens with zero attached hydrogens (tertiary/aromatic N) is 1. The molecule has 6 nitrogen and oxygen atoms in total. The van der Waals surface area contributed by atoms with Crippen LogP contribution in [0.3, 0.4) is 0 Å². The van der Waals surface area contributed by atoms with E-state index in [1.807, 2.05) is 0 Å². The van der Waals surface area contributed by atoms with Crippen molar-refractivity contribution in [3.05, 3.63) is 38.9 Å². The molecule has 0 saturated heterocycles. The number of nitro groups is 1. The number of nitrogens with two attached hydrogens (primary N) is 1. The van der Waals surface area contributed by atoms with Crippen LogP contribution < -0.4 is 11.1 Å². The number of benzene rings is 1. The fourth-order valence-electron chi connectivity index (χ4n) is 2.37. The topological polar surface area (TPSA) is 98.3 Å². The molecular formula is C13H17Cl2N3O3. The summed E-state index contributed by atoms with van der Waals surface area (Å²) in [5.41, 5.74) is 5.56. The molecule has 0 spiro atoms. The zero-order valence-corrected chi connectivity index (χ0v) is 12.8. The van der Waals surface area contributed by atoms with Crippen molar-refractivity contribution >= 4 is 35.6 Å². The van der Waals surface area contributed by atoms with Crippen LogP contribution in [0, 0.1) is 10.1 Å². The van der Waals surface area contributed by atoms with Crippen LogP contribution in [0.2, 0.25) is 5.02 Å². The third-order valence-corrected chi connectivity index (χ3v) is 3.74. The summed E-state index contributed by atoms with van der Waals surface area (Å²) in [5, 5.41) is 14.0. The molecule has 0 heterocycles. The lowest BCUT2D eigenvalue weighted by molar-refractivity contribution is -0.385. The Kier molecular flexibility index (Phi) is 6.39. The van der Waals surface area contributed by atoms with Crippen LogP contribution in [-0.4, -0.2) is 22.9 Å². The summed E-state index contributed by atoms with van der Waals surface area (Å²) >= 11 is 5.72. The highest BCUT2D eigenvalue weighted by atomic mass is 35.5. The molecule has 1 aromatic rings. The van der Waals surface area contributed by atoms with Gasteiger partial charge in [-0.25, -0.2) is 0 Å². The molecule has 0 aliphatic heterocycles. The molecule has 1 aliphatic carbocycles. The highest BCUT2D eigenvalue weighted by Crippen LogP contribution is 2.24. The van der Waals surface area contributed by atoms with E-state index >= 15 is 0 Å². The molecule has 8 heteroatoms. The van der Waals surface area contributed by atoms with Crippen LogP contribution in [0.25, 0.3) is 0 Å². The predicted molar refractivity (Wildman–Crippen MR) is 83.1 cm³/mol. The summed E-state index contributed by atoms with van der Waals surface area (Å²) in [5.74, 6) is -0.436. The second-order valence-electron chi connectivity index (χ2n) is 5.00. The Balaban J connectivity index is 0.00000220. The van der Waals surface area contributed by atoms with Crippen molar-refractivity contribution in [2.45, 2.75) is 37.8 Å². The summed E-state index contributed by atoms with van der Waals surface area (Å²) in [6.07, 6.45) is 3.31. The first-order valence-corrected chi connectivity index (χ1v) is 6.85. The maximum absolute atomic E-state index is 12.1. The average Bonchev–Trinajstić information content (AvgIpc) is 2.41. The Labute approximate surface area is 133 Å². The van der Waals surface area contributed by atoms with E-state index < -0.39 is 10.8 Å². The van der Waals surface area contributed by atoms with Crippen molar-refractivity contribution in [2.24, 2.45) is 5.73 Å². The lowest BCUT2D eigenvalue weighted by atomic mass is 9.91. The maximum atomic E-state index is 12.1. The minimum absolute atomic E-state index is 0. The van der Waals surface area contributed by atoms with E-state index in [-0.39, 0.29) is 40.8 Å². The smallest absolute Gasteiger partial charge is 0.283 e. The van der Waals surface area contributed by atoms with Gasteiger partial charge in [-0.2, -0.15) is 0 Å². The maximum Gasteiger partial charge on any atom is 0.283 e. The van der Waals surface area contributed by atoms with Gasteiger partial charge in [0.25, 0.3) is 11.6 Å². The summed E-state index contributed by atoms with van der Waals surface area (Å²) in [4.78, 5) is 22.5. The van der Waals surface area contributed by atoms with E-state index in [1.165, 1.54) is 18.2 Å². The Morgan fingerprint density at radius 1 is 1.33 bits per heavy atom. The molecule has 1 fully saturated rings. The summed E-state index contributed by atoms with van der Waals surface area (Å²) in [6.45, 7) is 0. The second kappa shape index (κ2) is 7.59. The number of nitro benzene ring substituents is 1. The molecule has 3 N–H and O–H groups in total. The van der Waals surface area contributed by atoms with Crippen molar-refractivity contribution < 1.29 is 9.72 Å². The molecule has 21 heavy (non-hydrogen) atoms. The van der Waals surface area contributed by atoms with Gasteiger partial charge in [0.2, 0.25) is 0 Å². The van der Waals surface area contributed by atoms with Gasteiger partial charge in [0.05, 0.1) is 4.92 Å². The fourth-order valence-corrected chi connectivity index (χ4v) is 2.54. The predicted octanol–water partition coefficient (Wildman–Crippen LogP) is 2.67. The highest BCUT2D eigenvalue weighted by molar-refractivity contribution is 6.31. The normalized spacial score (nSPS) is 21.2. The Bertz CT molecular complexity index is 531. The number of nitrogens with one attached hydrogen (secondary N) is 1. The fraction of sp³-hybridized carbons (Fsp3) is 0.462. The molecular weight excluding hydrogens is 317 g/mol. The number of hydrogen-bond donors (Lipinski definition) is 2. The first kappa shape index (κ1) is 17.7. The molecule has 0 atom stereocenters. The zero-order chi connectivity index (χ0) is 14.7. The molecule has 1 aliphatic rings. The van der Waals surface area contributed by atoms with Gasteiger partial charge in [-0.3, -0.25) is 14.9 Å². The largest absolute Gasteiger partial charge is 0.349 e. The third-order valence-electron chi connectivity index (χ3n) is 3.51. The van der Waals surface area contributed by atoms with Gasteiger partial charge in [0.1, 0.15) is 5.56 Å². The summed E-state index contributed by atoms with van der Waals surface area (Å²) in [7, 11) is 0. The summed E-state index contributed by atoms with van der Waals surface area (Å²) < 4.78 is 0. The van der Waals surface area contributed by atoms with Crippen LogP contribution in [0.5, 0.6) is 0 Å². The molecule has 1 amide bonds. The van der Waals surface area contributed by atoms with Crippen molar-refractivity contribution in [3.63, 3.8) is 0 Å². The Morgan fingerprint density at radius 2 is 1.95 bits per heavy atom. The molecule has 1 saturated carbocycles. The van der Waals surface area contributed by atoms with E-state index in [1.54, 1.807) is 0 Å². The van der Waals surface area contributed by atoms with Crippen LogP contribution in [0.1, 0.15) is 36.0 Å². The molecule has 0 aromatic heterocycles. The Hall–Kier alpha value is -1.37. The summed E-state index contributed by atoms with van der Waals surface area (Å²) in [6, 6.07) is 4.25. The van der Waals surface area contributed by atoms with E-state index in [4.69, 9.17) is 17.3 Å². The first-order valence-electron chi connectivity index (χ1n) is 6.47. The monoisotopic (exact) mass is 333 g/mol. The number of hydrogen-bond acceptors (Lipinski definition) is 4. The van der Waals surface area contributed by atoms with E-state index in [0.29, 0.717) is 0 Å². The number of carbonyl (C=O) groups is 1. The van der Waals surface area contributed by atoms with Crippen molar-refractivity contribution in [3.8, 4) is 0 Å². The lowest BCUT2D eigenvalue weighted by Gasteiger charge is -2.26. The molecule has 1 aromatic carbocycles. The van der Waals surface area contributed by atoms with Gasteiger partial charge in [0, 0.05) is 23.2 Å². The third kappa shape index (κ3) is 4.56. The van der Waals surface area contributed by atoms with Gasteiger partial charge >= 0.3 is 0 Å². The van der Waals surface area contributed by atoms with E-state index in [0.717, 1.165) is 25.7 Å². The minimum atomic E-state index is -0.600. The average molecular weight is 334 g/mol. The van der Waals surface area contributed by atoms with E-state index in [2.05, 4.69) is 5.32 Å². The van der Waals surface area contributed by atoms with Crippen LogP contribution in [0.15, 0.2) is 18.2 Å².